The monoisotopic (exact) mass is 373 g/mol. The van der Waals surface area contributed by atoms with Gasteiger partial charge in [0.25, 0.3) is 0 Å². The zero-order valence-electron chi connectivity index (χ0n) is 16.0. The van der Waals surface area contributed by atoms with E-state index in [4.69, 9.17) is 9.72 Å². The van der Waals surface area contributed by atoms with Crippen LogP contribution in [0.3, 0.4) is 0 Å². The van der Waals surface area contributed by atoms with E-state index in [-0.39, 0.29) is 0 Å². The molecule has 6 heteroatoms. The van der Waals surface area contributed by atoms with Crippen molar-refractivity contribution >= 4 is 22.4 Å². The molecule has 0 saturated carbocycles. The van der Waals surface area contributed by atoms with Crippen molar-refractivity contribution in [2.24, 2.45) is 7.05 Å². The van der Waals surface area contributed by atoms with E-state index in [1.54, 1.807) is 13.4 Å². The number of hydrogen-bond acceptors (Lipinski definition) is 5. The Kier molecular flexibility index (Phi) is 5.10. The van der Waals surface area contributed by atoms with Crippen LogP contribution in [0.15, 0.2) is 67.1 Å². The lowest BCUT2D eigenvalue weighted by atomic mass is 10.2. The number of nitrogens with one attached hydrogen (secondary N) is 2. The number of rotatable bonds is 7. The van der Waals surface area contributed by atoms with Crippen molar-refractivity contribution in [2.45, 2.75) is 13.1 Å². The van der Waals surface area contributed by atoms with Crippen molar-refractivity contribution in [3.05, 3.63) is 78.4 Å². The lowest BCUT2D eigenvalue weighted by Crippen LogP contribution is -2.04. The Balaban J connectivity index is 1.45. The Bertz CT molecular complexity index is 1090. The minimum absolute atomic E-state index is 0.660. The minimum Gasteiger partial charge on any atom is -0.496 e. The van der Waals surface area contributed by atoms with Gasteiger partial charge < -0.3 is 19.9 Å². The third kappa shape index (κ3) is 3.91. The normalized spacial score (nSPS) is 10.8. The van der Waals surface area contributed by atoms with E-state index >= 15 is 0 Å². The first-order valence-corrected chi connectivity index (χ1v) is 9.18. The highest BCUT2D eigenvalue weighted by molar-refractivity contribution is 5.83. The molecule has 0 aliphatic carbocycles. The van der Waals surface area contributed by atoms with Crippen molar-refractivity contribution in [3.63, 3.8) is 0 Å². The summed E-state index contributed by atoms with van der Waals surface area (Å²) in [6.45, 7) is 1.39. The topological polar surface area (TPSA) is 64.0 Å². The van der Waals surface area contributed by atoms with Gasteiger partial charge in [-0.25, -0.2) is 9.97 Å². The van der Waals surface area contributed by atoms with Gasteiger partial charge in [0.2, 0.25) is 0 Å². The third-order valence-electron chi connectivity index (χ3n) is 4.73. The molecule has 142 valence electrons. The first-order valence-electron chi connectivity index (χ1n) is 9.18. The van der Waals surface area contributed by atoms with Gasteiger partial charge in [-0.2, -0.15) is 0 Å². The highest BCUT2D eigenvalue weighted by Gasteiger charge is 2.04. The maximum atomic E-state index is 5.40. The summed E-state index contributed by atoms with van der Waals surface area (Å²) in [5.74, 6) is 1.72. The quantitative estimate of drug-likeness (QED) is 0.508. The van der Waals surface area contributed by atoms with Gasteiger partial charge in [-0.3, -0.25) is 0 Å². The van der Waals surface area contributed by atoms with Crippen LogP contribution in [0.1, 0.15) is 11.3 Å². The molecule has 0 aliphatic rings. The number of fused-ring (bicyclic) bond motifs is 1. The molecule has 2 heterocycles. The lowest BCUT2D eigenvalue weighted by molar-refractivity contribution is 0.410. The second kappa shape index (κ2) is 8.00. The number of methoxy groups -OCH3 is 1. The number of aromatic nitrogens is 3. The highest BCUT2D eigenvalue weighted by Crippen LogP contribution is 2.22. The maximum absolute atomic E-state index is 5.40. The van der Waals surface area contributed by atoms with Gasteiger partial charge in [-0.05, 0) is 36.4 Å². The lowest BCUT2D eigenvalue weighted by Gasteiger charge is -2.11. The molecule has 0 saturated heterocycles. The number of aryl methyl sites for hydroxylation is 1. The summed E-state index contributed by atoms with van der Waals surface area (Å²) in [7, 11) is 3.68. The summed E-state index contributed by atoms with van der Waals surface area (Å²) in [6.07, 6.45) is 3.68. The number of para-hydroxylation sites is 1. The smallest absolute Gasteiger partial charge is 0.126 e. The summed E-state index contributed by atoms with van der Waals surface area (Å²) < 4.78 is 7.41. The van der Waals surface area contributed by atoms with Crippen molar-refractivity contribution < 1.29 is 4.74 Å². The average molecular weight is 373 g/mol. The Morgan fingerprint density at radius 3 is 2.71 bits per heavy atom. The summed E-state index contributed by atoms with van der Waals surface area (Å²) >= 11 is 0. The van der Waals surface area contributed by atoms with Crippen LogP contribution in [0.4, 0.5) is 11.5 Å². The van der Waals surface area contributed by atoms with Crippen molar-refractivity contribution in [1.82, 2.24) is 14.5 Å². The fraction of sp³-hybridized carbons (Fsp3) is 0.182. The van der Waals surface area contributed by atoms with Crippen LogP contribution in [-0.2, 0) is 20.1 Å². The van der Waals surface area contributed by atoms with Crippen LogP contribution >= 0.6 is 0 Å². The van der Waals surface area contributed by atoms with Crippen LogP contribution in [0.2, 0.25) is 0 Å². The molecular formula is C22H23N5O. The third-order valence-corrected chi connectivity index (χ3v) is 4.73. The van der Waals surface area contributed by atoms with Crippen LogP contribution in [0.25, 0.3) is 10.9 Å². The maximum Gasteiger partial charge on any atom is 0.126 e. The number of hydrogen-bond donors (Lipinski definition) is 2. The fourth-order valence-electron chi connectivity index (χ4n) is 3.12. The molecule has 4 aromatic rings. The predicted molar refractivity (Wildman–Crippen MR) is 113 cm³/mol. The molecule has 4 rings (SSSR count). The van der Waals surface area contributed by atoms with E-state index in [9.17, 15) is 0 Å². The van der Waals surface area contributed by atoms with Gasteiger partial charge in [-0.15, -0.1) is 0 Å². The molecular weight excluding hydrogens is 350 g/mol. The van der Waals surface area contributed by atoms with Gasteiger partial charge in [-0.1, -0.05) is 18.2 Å². The summed E-state index contributed by atoms with van der Waals surface area (Å²) in [6, 6.07) is 18.3. The number of nitrogens with zero attached hydrogens (tertiary/aromatic N) is 3. The van der Waals surface area contributed by atoms with E-state index in [1.165, 1.54) is 0 Å². The predicted octanol–water partition coefficient (Wildman–Crippen LogP) is 4.20. The summed E-state index contributed by atoms with van der Waals surface area (Å²) in [5, 5.41) is 7.91. The van der Waals surface area contributed by atoms with Crippen molar-refractivity contribution in [1.29, 1.82) is 0 Å². The van der Waals surface area contributed by atoms with Crippen LogP contribution < -0.4 is 15.4 Å². The molecule has 28 heavy (non-hydrogen) atoms. The zero-order valence-corrected chi connectivity index (χ0v) is 16.0. The van der Waals surface area contributed by atoms with Gasteiger partial charge in [0.1, 0.15) is 11.6 Å². The molecule has 0 fully saturated rings. The minimum atomic E-state index is 0.660. The van der Waals surface area contributed by atoms with Gasteiger partial charge in [0.05, 0.1) is 31.2 Å². The first-order chi connectivity index (χ1) is 13.7. The first kappa shape index (κ1) is 17.9. The number of benzene rings is 2. The van der Waals surface area contributed by atoms with E-state index in [2.05, 4.69) is 33.8 Å². The van der Waals surface area contributed by atoms with Gasteiger partial charge in [0, 0.05) is 36.4 Å². The molecule has 0 amide bonds. The number of imidazole rings is 1. The number of anilines is 2. The standard InChI is InChI=1S/C22H23N5O/c1-27-15-23-13-19(27)14-24-18-8-9-20-16(11-18)7-10-22(26-20)25-12-17-5-3-4-6-21(17)28-2/h3-11,13,15,24H,12,14H2,1-2H3,(H,25,26). The Labute approximate surface area is 164 Å². The Hall–Kier alpha value is -3.54. The summed E-state index contributed by atoms with van der Waals surface area (Å²) in [5.41, 5.74) is 4.25. The SMILES string of the molecule is COc1ccccc1CNc1ccc2cc(NCc3cncn3C)ccc2n1. The van der Waals surface area contributed by atoms with Gasteiger partial charge in [0.15, 0.2) is 0 Å². The Morgan fingerprint density at radius 1 is 1.00 bits per heavy atom. The summed E-state index contributed by atoms with van der Waals surface area (Å²) in [4.78, 5) is 8.86. The molecule has 0 bridgehead atoms. The van der Waals surface area contributed by atoms with Crippen molar-refractivity contribution in [2.75, 3.05) is 17.7 Å². The number of pyridine rings is 1. The fourth-order valence-corrected chi connectivity index (χ4v) is 3.12. The molecule has 6 nitrogen and oxygen atoms in total. The van der Waals surface area contributed by atoms with Crippen LogP contribution in [0, 0.1) is 0 Å². The largest absolute Gasteiger partial charge is 0.496 e. The zero-order chi connectivity index (χ0) is 19.3. The van der Waals surface area contributed by atoms with E-state index in [1.807, 2.05) is 54.2 Å². The molecule has 2 aromatic heterocycles. The van der Waals surface area contributed by atoms with E-state index in [0.29, 0.717) is 6.54 Å². The molecule has 2 aromatic carbocycles. The van der Waals surface area contributed by atoms with Crippen molar-refractivity contribution in [3.8, 4) is 5.75 Å². The van der Waals surface area contributed by atoms with Crippen LogP contribution in [0.5, 0.6) is 5.75 Å². The Morgan fingerprint density at radius 2 is 1.89 bits per heavy atom. The highest BCUT2D eigenvalue weighted by atomic mass is 16.5. The van der Waals surface area contributed by atoms with Gasteiger partial charge >= 0.3 is 0 Å². The second-order valence-corrected chi connectivity index (χ2v) is 6.62. The second-order valence-electron chi connectivity index (χ2n) is 6.62. The molecule has 2 N–H and O–H groups in total. The molecule has 0 aliphatic heterocycles. The molecule has 0 unspecified atom stereocenters. The van der Waals surface area contributed by atoms with Crippen LogP contribution in [-0.4, -0.2) is 21.6 Å². The van der Waals surface area contributed by atoms with E-state index < -0.39 is 0 Å². The molecule has 0 radical (unpaired) electrons. The van der Waals surface area contributed by atoms with E-state index in [0.717, 1.165) is 46.0 Å². The molecule has 0 atom stereocenters. The number of ether oxygens (including phenoxy) is 1. The average Bonchev–Trinajstić information content (AvgIpc) is 3.15. The molecule has 0 spiro atoms.